The molecule has 1 heterocycles. The zero-order valence-corrected chi connectivity index (χ0v) is 18.2. The van der Waals surface area contributed by atoms with Crippen LogP contribution in [0.3, 0.4) is 0 Å². The number of hydrogen-bond acceptors (Lipinski definition) is 6. The zero-order chi connectivity index (χ0) is 22.8. The van der Waals surface area contributed by atoms with Crippen molar-refractivity contribution in [2.45, 2.75) is 18.5 Å². The van der Waals surface area contributed by atoms with Gasteiger partial charge >= 0.3 is 0 Å². The molecule has 31 heavy (non-hydrogen) atoms. The molecule has 2 aromatic carbocycles. The van der Waals surface area contributed by atoms with Crippen LogP contribution >= 0.6 is 11.6 Å². The van der Waals surface area contributed by atoms with E-state index in [0.29, 0.717) is 11.3 Å². The molecule has 0 amide bonds. The van der Waals surface area contributed by atoms with Crippen LogP contribution in [0.2, 0.25) is 5.02 Å². The van der Waals surface area contributed by atoms with Gasteiger partial charge in [0.05, 0.1) is 28.3 Å². The summed E-state index contributed by atoms with van der Waals surface area (Å²) in [4.78, 5) is 17.0. The molecule has 0 atom stereocenters. The molecule has 0 bridgehead atoms. The summed E-state index contributed by atoms with van der Waals surface area (Å²) in [7, 11) is -2.78. The molecule has 0 saturated carbocycles. The number of ether oxygens (including phenoxy) is 1. The van der Waals surface area contributed by atoms with E-state index in [4.69, 9.17) is 22.1 Å². The summed E-state index contributed by atoms with van der Waals surface area (Å²) in [5.41, 5.74) is 6.74. The van der Waals surface area contributed by atoms with E-state index in [1.165, 1.54) is 49.7 Å². The number of sulfonamides is 1. The van der Waals surface area contributed by atoms with E-state index in [9.17, 15) is 17.6 Å². The second-order valence-electron chi connectivity index (χ2n) is 6.67. The summed E-state index contributed by atoms with van der Waals surface area (Å²) in [6.45, 7) is 0.863. The van der Waals surface area contributed by atoms with Gasteiger partial charge in [-0.1, -0.05) is 17.7 Å². The second kappa shape index (κ2) is 8.91. The minimum atomic E-state index is -4.16. The van der Waals surface area contributed by atoms with Crippen LogP contribution in [0.5, 0.6) is 5.75 Å². The first kappa shape index (κ1) is 22.5. The van der Waals surface area contributed by atoms with Gasteiger partial charge in [0.1, 0.15) is 18.1 Å². The van der Waals surface area contributed by atoms with Crippen molar-refractivity contribution in [2.75, 3.05) is 17.6 Å². The van der Waals surface area contributed by atoms with Crippen molar-refractivity contribution in [2.24, 2.45) is 0 Å². The van der Waals surface area contributed by atoms with E-state index in [0.717, 1.165) is 0 Å². The van der Waals surface area contributed by atoms with E-state index < -0.39 is 22.5 Å². The Labute approximate surface area is 184 Å². The number of pyridine rings is 1. The third-order valence-corrected chi connectivity index (χ3v) is 6.13. The maximum Gasteiger partial charge on any atom is 0.261 e. The highest BCUT2D eigenvalue weighted by atomic mass is 35.5. The number of carbonyl (C=O) groups excluding carboxylic acids is 1. The van der Waals surface area contributed by atoms with E-state index >= 15 is 0 Å². The van der Waals surface area contributed by atoms with Crippen LogP contribution in [0.4, 0.5) is 15.8 Å². The maximum atomic E-state index is 13.2. The molecule has 3 N–H and O–H groups in total. The van der Waals surface area contributed by atoms with Gasteiger partial charge in [-0.25, -0.2) is 17.8 Å². The van der Waals surface area contributed by atoms with Crippen LogP contribution in [-0.2, 0) is 16.7 Å². The number of carbonyl (C=O) groups is 1. The molecule has 0 aliphatic rings. The van der Waals surface area contributed by atoms with Gasteiger partial charge in [-0.3, -0.25) is 9.52 Å². The lowest BCUT2D eigenvalue weighted by molar-refractivity contribution is 0.103. The van der Waals surface area contributed by atoms with Gasteiger partial charge in [0.15, 0.2) is 0 Å². The van der Waals surface area contributed by atoms with Crippen molar-refractivity contribution < 1.29 is 22.3 Å². The fraction of sp³-hybridized carbons (Fsp3) is 0.143. The van der Waals surface area contributed by atoms with Crippen LogP contribution in [0.15, 0.2) is 53.6 Å². The van der Waals surface area contributed by atoms with Crippen molar-refractivity contribution in [1.29, 1.82) is 0 Å². The SMILES string of the molecule is COc1ccc(N)cc1C(=O)c1ncc(Cl)cc1NS(=O)(=O)c1ccc(C)c(CF)c1. The number of aryl methyl sites for hydroxylation is 1. The Morgan fingerprint density at radius 3 is 2.65 bits per heavy atom. The van der Waals surface area contributed by atoms with Crippen molar-refractivity contribution in [3.8, 4) is 5.75 Å². The molecule has 7 nitrogen and oxygen atoms in total. The summed E-state index contributed by atoms with van der Waals surface area (Å²) in [5.74, 6) is -0.372. The molecular formula is C21H19ClFN3O4S. The number of nitrogens with two attached hydrogens (primary N) is 1. The van der Waals surface area contributed by atoms with E-state index in [2.05, 4.69) is 9.71 Å². The van der Waals surface area contributed by atoms with Crippen molar-refractivity contribution >= 4 is 38.8 Å². The van der Waals surface area contributed by atoms with Gasteiger partial charge in [0, 0.05) is 11.9 Å². The number of benzene rings is 2. The van der Waals surface area contributed by atoms with Gasteiger partial charge < -0.3 is 10.5 Å². The minimum absolute atomic E-state index is 0.104. The molecule has 1 aromatic heterocycles. The summed E-state index contributed by atoms with van der Waals surface area (Å²) >= 11 is 5.99. The summed E-state index contributed by atoms with van der Waals surface area (Å²) in [6.07, 6.45) is 1.22. The maximum absolute atomic E-state index is 13.2. The molecule has 0 radical (unpaired) electrons. The lowest BCUT2D eigenvalue weighted by Crippen LogP contribution is -2.17. The Morgan fingerprint density at radius 1 is 1.23 bits per heavy atom. The van der Waals surface area contributed by atoms with Gasteiger partial charge in [0.25, 0.3) is 10.0 Å². The lowest BCUT2D eigenvalue weighted by atomic mass is 10.0. The molecule has 0 saturated heterocycles. The molecule has 3 aromatic rings. The highest BCUT2D eigenvalue weighted by Crippen LogP contribution is 2.29. The van der Waals surface area contributed by atoms with Crippen molar-refractivity contribution in [3.63, 3.8) is 0 Å². The topological polar surface area (TPSA) is 111 Å². The number of rotatable bonds is 7. The van der Waals surface area contributed by atoms with Gasteiger partial charge in [0.2, 0.25) is 5.78 Å². The molecule has 0 unspecified atom stereocenters. The fourth-order valence-electron chi connectivity index (χ4n) is 2.89. The third kappa shape index (κ3) is 4.78. The van der Waals surface area contributed by atoms with Gasteiger partial charge in [-0.15, -0.1) is 0 Å². The number of halogens is 2. The summed E-state index contributed by atoms with van der Waals surface area (Å²) in [6, 6.07) is 9.84. The number of hydrogen-bond donors (Lipinski definition) is 2. The second-order valence-corrected chi connectivity index (χ2v) is 8.78. The minimum Gasteiger partial charge on any atom is -0.496 e. The van der Waals surface area contributed by atoms with Gasteiger partial charge in [-0.2, -0.15) is 0 Å². The average molecular weight is 464 g/mol. The van der Waals surface area contributed by atoms with E-state index in [-0.39, 0.29) is 38.2 Å². The molecule has 0 aliphatic heterocycles. The molecule has 10 heteroatoms. The Bertz CT molecular complexity index is 1270. The first-order valence-corrected chi connectivity index (χ1v) is 10.8. The largest absolute Gasteiger partial charge is 0.496 e. The third-order valence-electron chi connectivity index (χ3n) is 4.56. The molecule has 162 valence electrons. The number of nitrogen functional groups attached to an aromatic ring is 1. The highest BCUT2D eigenvalue weighted by Gasteiger charge is 2.24. The van der Waals surface area contributed by atoms with E-state index in [1.807, 2.05) is 0 Å². The van der Waals surface area contributed by atoms with Gasteiger partial charge in [-0.05, 0) is 54.4 Å². The number of ketones is 1. The smallest absolute Gasteiger partial charge is 0.261 e. The van der Waals surface area contributed by atoms with Crippen molar-refractivity contribution in [1.82, 2.24) is 4.98 Å². The summed E-state index contributed by atoms with van der Waals surface area (Å²) < 4.78 is 46.6. The Balaban J connectivity index is 2.07. The fourth-order valence-corrected chi connectivity index (χ4v) is 4.16. The van der Waals surface area contributed by atoms with Crippen LogP contribution < -0.4 is 15.2 Å². The first-order chi connectivity index (χ1) is 14.7. The number of aromatic nitrogens is 1. The summed E-state index contributed by atoms with van der Waals surface area (Å²) in [5, 5.41) is 0.113. The molecule has 0 aliphatic carbocycles. The number of methoxy groups -OCH3 is 1. The van der Waals surface area contributed by atoms with Crippen LogP contribution in [-0.4, -0.2) is 26.3 Å². The Kier molecular flexibility index (Phi) is 6.47. The van der Waals surface area contributed by atoms with Crippen LogP contribution in [0, 0.1) is 6.92 Å². The zero-order valence-electron chi connectivity index (χ0n) is 16.6. The number of nitrogens with one attached hydrogen (secondary N) is 1. The molecule has 0 fully saturated rings. The predicted octanol–water partition coefficient (Wildman–Crippen LogP) is 4.14. The van der Waals surface area contributed by atoms with E-state index in [1.54, 1.807) is 13.0 Å². The number of nitrogens with zero attached hydrogens (tertiary/aromatic N) is 1. The lowest BCUT2D eigenvalue weighted by Gasteiger charge is -2.14. The standard InChI is InChI=1S/C21H19ClFN3O4S/c1-12-3-5-16(7-13(12)10-23)31(28,29)26-18-8-14(22)11-25-20(18)21(27)17-9-15(24)4-6-19(17)30-2/h3-9,11,26H,10,24H2,1-2H3. The first-order valence-electron chi connectivity index (χ1n) is 8.98. The number of anilines is 2. The normalized spacial score (nSPS) is 11.2. The van der Waals surface area contributed by atoms with Crippen molar-refractivity contribution in [3.05, 3.63) is 76.1 Å². The average Bonchev–Trinajstić information content (AvgIpc) is 2.73. The molecule has 0 spiro atoms. The highest BCUT2D eigenvalue weighted by molar-refractivity contribution is 7.92. The molecular weight excluding hydrogens is 445 g/mol. The van der Waals surface area contributed by atoms with Crippen LogP contribution in [0.1, 0.15) is 27.2 Å². The Hall–Kier alpha value is -3.17. The monoisotopic (exact) mass is 463 g/mol. The number of alkyl halides is 1. The van der Waals surface area contributed by atoms with Crippen LogP contribution in [0.25, 0.3) is 0 Å². The predicted molar refractivity (Wildman–Crippen MR) is 117 cm³/mol. The quantitative estimate of drug-likeness (QED) is 0.402. The molecule has 3 rings (SSSR count). The Morgan fingerprint density at radius 2 is 1.97 bits per heavy atom.